The number of carbonyl (C=O) groups excluding carboxylic acids is 1. The summed E-state index contributed by atoms with van der Waals surface area (Å²) >= 11 is 1.15. The number of aromatic nitrogens is 2. The van der Waals surface area contributed by atoms with Gasteiger partial charge in [-0.2, -0.15) is 0 Å². The Morgan fingerprint density at radius 1 is 1.56 bits per heavy atom. The van der Waals surface area contributed by atoms with Crippen molar-refractivity contribution in [3.8, 4) is 0 Å². The van der Waals surface area contributed by atoms with Crippen molar-refractivity contribution in [1.29, 1.82) is 0 Å². The second kappa shape index (κ2) is 4.10. The van der Waals surface area contributed by atoms with Crippen LogP contribution in [0.15, 0.2) is 0 Å². The van der Waals surface area contributed by atoms with E-state index in [-0.39, 0.29) is 29.1 Å². The summed E-state index contributed by atoms with van der Waals surface area (Å²) in [6, 6.07) is -0.293. The molecule has 0 bridgehead atoms. The summed E-state index contributed by atoms with van der Waals surface area (Å²) in [4.78, 5) is 12.4. The van der Waals surface area contributed by atoms with Gasteiger partial charge in [-0.25, -0.2) is 8.42 Å². The molecule has 1 amide bonds. The van der Waals surface area contributed by atoms with E-state index in [1.807, 2.05) is 0 Å². The Labute approximate surface area is 97.1 Å². The lowest BCUT2D eigenvalue weighted by atomic mass is 10.2. The Morgan fingerprint density at radius 3 is 2.81 bits per heavy atom. The summed E-state index contributed by atoms with van der Waals surface area (Å²) in [5.74, 6) is -0.171. The summed E-state index contributed by atoms with van der Waals surface area (Å²) in [5.41, 5.74) is 0.286. The molecule has 0 spiro atoms. The van der Waals surface area contributed by atoms with E-state index < -0.39 is 9.84 Å². The van der Waals surface area contributed by atoms with E-state index in [0.29, 0.717) is 6.42 Å². The predicted octanol–water partition coefficient (Wildman–Crippen LogP) is -0.237. The van der Waals surface area contributed by atoms with Gasteiger partial charge in [-0.05, 0) is 24.9 Å². The number of aryl methyl sites for hydroxylation is 1. The fourth-order valence-corrected chi connectivity index (χ4v) is 3.74. The number of rotatable bonds is 2. The zero-order chi connectivity index (χ0) is 11.8. The normalized spacial score (nSPS) is 23.2. The van der Waals surface area contributed by atoms with Gasteiger partial charge < -0.3 is 5.32 Å². The molecule has 1 saturated heterocycles. The van der Waals surface area contributed by atoms with Gasteiger partial charge in [0.15, 0.2) is 15.5 Å². The standard InChI is InChI=1S/C8H11N3O3S2/c1-5-7(10-11-15-5)8(12)9-6-2-3-16(13,14)4-6/h6H,2-4H2,1H3,(H,9,12)/t6-/m1/s1. The molecule has 1 aromatic rings. The summed E-state index contributed by atoms with van der Waals surface area (Å²) in [7, 11) is -2.97. The molecule has 0 aliphatic carbocycles. The van der Waals surface area contributed by atoms with Crippen molar-refractivity contribution in [3.05, 3.63) is 10.6 Å². The molecule has 1 fully saturated rings. The number of carbonyl (C=O) groups is 1. The molecule has 1 N–H and O–H groups in total. The quantitative estimate of drug-likeness (QED) is 0.794. The molecule has 0 unspecified atom stereocenters. The summed E-state index contributed by atoms with van der Waals surface area (Å²) in [5, 5.41) is 6.36. The molecule has 1 atom stereocenters. The fraction of sp³-hybridized carbons (Fsp3) is 0.625. The van der Waals surface area contributed by atoms with Gasteiger partial charge in [0.25, 0.3) is 5.91 Å². The first kappa shape index (κ1) is 11.5. The molecule has 1 aliphatic heterocycles. The van der Waals surface area contributed by atoms with Crippen molar-refractivity contribution in [2.75, 3.05) is 11.5 Å². The average Bonchev–Trinajstić information content (AvgIpc) is 2.72. The van der Waals surface area contributed by atoms with Crippen LogP contribution in [0.3, 0.4) is 0 Å². The molecular weight excluding hydrogens is 250 g/mol. The third-order valence-corrected chi connectivity index (χ3v) is 4.83. The van der Waals surface area contributed by atoms with Gasteiger partial charge in [-0.3, -0.25) is 4.79 Å². The molecule has 1 aliphatic rings. The van der Waals surface area contributed by atoms with E-state index in [4.69, 9.17) is 0 Å². The Kier molecular flexibility index (Phi) is 2.94. The molecule has 0 aromatic carbocycles. The second-order valence-corrected chi connectivity index (χ2v) is 6.94. The van der Waals surface area contributed by atoms with Crippen LogP contribution in [0, 0.1) is 6.92 Å². The maximum absolute atomic E-state index is 11.7. The monoisotopic (exact) mass is 261 g/mol. The molecule has 2 rings (SSSR count). The SMILES string of the molecule is Cc1snnc1C(=O)N[C@@H]1CCS(=O)(=O)C1. The fourth-order valence-electron chi connectivity index (χ4n) is 1.60. The van der Waals surface area contributed by atoms with E-state index in [1.54, 1.807) is 6.92 Å². The summed E-state index contributed by atoms with van der Waals surface area (Å²) in [6.45, 7) is 1.75. The molecule has 0 saturated carbocycles. The van der Waals surface area contributed by atoms with Crippen molar-refractivity contribution in [1.82, 2.24) is 14.9 Å². The lowest BCUT2D eigenvalue weighted by molar-refractivity contribution is 0.0935. The third kappa shape index (κ3) is 2.38. The van der Waals surface area contributed by atoms with Crippen molar-refractivity contribution in [2.24, 2.45) is 0 Å². The molecule has 1 aromatic heterocycles. The molecule has 6 nitrogen and oxygen atoms in total. The maximum Gasteiger partial charge on any atom is 0.273 e. The number of nitrogens with one attached hydrogen (secondary N) is 1. The van der Waals surface area contributed by atoms with Gasteiger partial charge >= 0.3 is 0 Å². The topological polar surface area (TPSA) is 89.0 Å². The first-order valence-electron chi connectivity index (χ1n) is 4.78. The summed E-state index contributed by atoms with van der Waals surface area (Å²) < 4.78 is 26.1. The minimum Gasteiger partial charge on any atom is -0.347 e. The van der Waals surface area contributed by atoms with Crippen molar-refractivity contribution >= 4 is 27.3 Å². The maximum atomic E-state index is 11.7. The van der Waals surface area contributed by atoms with Crippen molar-refractivity contribution in [3.63, 3.8) is 0 Å². The Morgan fingerprint density at radius 2 is 2.31 bits per heavy atom. The first-order chi connectivity index (χ1) is 7.48. The average molecular weight is 261 g/mol. The number of nitrogens with zero attached hydrogens (tertiary/aromatic N) is 2. The van der Waals surface area contributed by atoms with Crippen LogP contribution >= 0.6 is 11.5 Å². The highest BCUT2D eigenvalue weighted by atomic mass is 32.2. The van der Waals surface area contributed by atoms with Gasteiger partial charge in [0, 0.05) is 6.04 Å². The second-order valence-electron chi connectivity index (χ2n) is 3.75. The number of hydrogen-bond acceptors (Lipinski definition) is 6. The number of amides is 1. The zero-order valence-electron chi connectivity index (χ0n) is 8.63. The zero-order valence-corrected chi connectivity index (χ0v) is 10.3. The molecule has 0 radical (unpaired) electrons. The van der Waals surface area contributed by atoms with Crippen LogP contribution in [0.5, 0.6) is 0 Å². The van der Waals surface area contributed by atoms with Gasteiger partial charge in [-0.1, -0.05) is 4.49 Å². The van der Waals surface area contributed by atoms with Crippen molar-refractivity contribution in [2.45, 2.75) is 19.4 Å². The first-order valence-corrected chi connectivity index (χ1v) is 7.38. The van der Waals surface area contributed by atoms with E-state index in [2.05, 4.69) is 14.9 Å². The number of hydrogen-bond donors (Lipinski definition) is 1. The van der Waals surface area contributed by atoms with Gasteiger partial charge in [0.05, 0.1) is 16.4 Å². The van der Waals surface area contributed by atoms with Crippen LogP contribution in [0.4, 0.5) is 0 Å². The van der Waals surface area contributed by atoms with Crippen LogP contribution in [-0.2, 0) is 9.84 Å². The van der Waals surface area contributed by atoms with E-state index in [9.17, 15) is 13.2 Å². The minimum absolute atomic E-state index is 0.0232. The van der Waals surface area contributed by atoms with Gasteiger partial charge in [0.2, 0.25) is 0 Å². The Bertz CT molecular complexity index is 508. The molecule has 16 heavy (non-hydrogen) atoms. The molecule has 2 heterocycles. The third-order valence-electron chi connectivity index (χ3n) is 2.43. The van der Waals surface area contributed by atoms with E-state index in [1.165, 1.54) is 0 Å². The van der Waals surface area contributed by atoms with Crippen LogP contribution in [0.2, 0.25) is 0 Å². The summed E-state index contributed by atoms with van der Waals surface area (Å²) in [6.07, 6.45) is 0.477. The van der Waals surface area contributed by atoms with E-state index >= 15 is 0 Å². The van der Waals surface area contributed by atoms with E-state index in [0.717, 1.165) is 16.4 Å². The van der Waals surface area contributed by atoms with Gasteiger partial charge in [-0.15, -0.1) is 5.10 Å². The highest BCUT2D eigenvalue weighted by Gasteiger charge is 2.29. The van der Waals surface area contributed by atoms with Crippen LogP contribution in [0.25, 0.3) is 0 Å². The lowest BCUT2D eigenvalue weighted by Gasteiger charge is -2.08. The Balaban J connectivity index is 2.02. The highest BCUT2D eigenvalue weighted by Crippen LogP contribution is 2.13. The number of sulfone groups is 1. The smallest absolute Gasteiger partial charge is 0.273 e. The van der Waals surface area contributed by atoms with Crippen LogP contribution in [-0.4, -0.2) is 41.5 Å². The van der Waals surface area contributed by atoms with Gasteiger partial charge in [0.1, 0.15) is 0 Å². The van der Waals surface area contributed by atoms with Crippen LogP contribution < -0.4 is 5.32 Å². The van der Waals surface area contributed by atoms with Crippen molar-refractivity contribution < 1.29 is 13.2 Å². The minimum atomic E-state index is -2.97. The largest absolute Gasteiger partial charge is 0.347 e. The van der Waals surface area contributed by atoms with Crippen LogP contribution in [0.1, 0.15) is 21.8 Å². The predicted molar refractivity (Wildman–Crippen MR) is 59.2 cm³/mol. The lowest BCUT2D eigenvalue weighted by Crippen LogP contribution is -2.36. The molecule has 8 heteroatoms. The Hall–Kier alpha value is -1.02. The molecule has 88 valence electrons. The molecular formula is C8H11N3O3S2. The highest BCUT2D eigenvalue weighted by molar-refractivity contribution is 7.91.